The summed E-state index contributed by atoms with van der Waals surface area (Å²) in [6, 6.07) is 17.3. The lowest BCUT2D eigenvalue weighted by molar-refractivity contribution is 0.326. The van der Waals surface area contributed by atoms with Gasteiger partial charge in [-0.2, -0.15) is 5.10 Å². The molecular weight excluding hydrogens is 384 g/mol. The van der Waals surface area contributed by atoms with E-state index >= 15 is 0 Å². The lowest BCUT2D eigenvalue weighted by Gasteiger charge is -2.16. The predicted octanol–water partition coefficient (Wildman–Crippen LogP) is 3.46. The first kappa shape index (κ1) is 20.0. The highest BCUT2D eigenvalue weighted by Crippen LogP contribution is 2.22. The van der Waals surface area contributed by atoms with Gasteiger partial charge < -0.3 is 15.2 Å². The van der Waals surface area contributed by atoms with Gasteiger partial charge in [-0.05, 0) is 60.7 Å². The van der Waals surface area contributed by atoms with Gasteiger partial charge in [0, 0.05) is 36.7 Å². The first-order chi connectivity index (χ1) is 15.3. The minimum atomic E-state index is 0.751. The van der Waals surface area contributed by atoms with Crippen LogP contribution in [0, 0.1) is 5.92 Å². The summed E-state index contributed by atoms with van der Waals surface area (Å²) < 4.78 is 1.86. The van der Waals surface area contributed by atoms with Crippen molar-refractivity contribution in [1.29, 1.82) is 0 Å². The zero-order valence-electron chi connectivity index (χ0n) is 17.9. The molecule has 2 aromatic heterocycles. The predicted molar refractivity (Wildman–Crippen MR) is 124 cm³/mol. The van der Waals surface area contributed by atoms with Gasteiger partial charge in [0.2, 0.25) is 0 Å². The molecule has 0 aliphatic carbocycles. The fourth-order valence-electron chi connectivity index (χ4n) is 4.61. The van der Waals surface area contributed by atoms with Crippen molar-refractivity contribution in [1.82, 2.24) is 30.0 Å². The number of hydrogen-bond acceptors (Lipinski definition) is 4. The van der Waals surface area contributed by atoms with Gasteiger partial charge in [-0.1, -0.05) is 36.4 Å². The molecule has 0 spiro atoms. The minimum Gasteiger partial charge on any atom is -0.361 e. The van der Waals surface area contributed by atoms with E-state index in [1.165, 1.54) is 47.1 Å². The van der Waals surface area contributed by atoms with Crippen LogP contribution >= 0.6 is 0 Å². The summed E-state index contributed by atoms with van der Waals surface area (Å²) in [7, 11) is 0. The van der Waals surface area contributed by atoms with E-state index in [0.29, 0.717) is 0 Å². The maximum Gasteiger partial charge on any atom is 0.137 e. The maximum atomic E-state index is 4.22. The number of H-pyrrole nitrogens is 1. The molecule has 6 heteroatoms. The molecular formula is C25H30N6. The van der Waals surface area contributed by atoms with Crippen LogP contribution in [0.15, 0.2) is 67.4 Å². The van der Waals surface area contributed by atoms with E-state index in [2.05, 4.69) is 80.0 Å². The van der Waals surface area contributed by atoms with E-state index in [1.807, 2.05) is 4.68 Å². The number of nitrogens with zero attached hydrogens (tertiary/aromatic N) is 4. The second kappa shape index (κ2) is 9.45. The van der Waals surface area contributed by atoms with Crippen molar-refractivity contribution >= 4 is 10.9 Å². The molecule has 0 amide bonds. The average molecular weight is 415 g/mol. The first-order valence-electron chi connectivity index (χ1n) is 11.2. The van der Waals surface area contributed by atoms with E-state index in [4.69, 9.17) is 0 Å². The highest BCUT2D eigenvalue weighted by molar-refractivity contribution is 5.83. The number of rotatable bonds is 9. The maximum absolute atomic E-state index is 4.22. The van der Waals surface area contributed by atoms with E-state index in [0.717, 1.165) is 38.5 Å². The first-order valence-corrected chi connectivity index (χ1v) is 11.2. The lowest BCUT2D eigenvalue weighted by atomic mass is 10.1. The van der Waals surface area contributed by atoms with Crippen LogP contribution in [0.4, 0.5) is 0 Å². The molecule has 160 valence electrons. The summed E-state index contributed by atoms with van der Waals surface area (Å²) in [6.45, 7) is 6.34. The highest BCUT2D eigenvalue weighted by atomic mass is 15.3. The molecule has 0 radical (unpaired) electrons. The lowest BCUT2D eigenvalue weighted by Crippen LogP contribution is -2.27. The quantitative estimate of drug-likeness (QED) is 0.440. The monoisotopic (exact) mass is 414 g/mol. The number of likely N-dealkylation sites (tertiary alicyclic amines) is 1. The van der Waals surface area contributed by atoms with Crippen molar-refractivity contribution in [3.63, 3.8) is 0 Å². The van der Waals surface area contributed by atoms with Gasteiger partial charge in [0.25, 0.3) is 0 Å². The third-order valence-corrected chi connectivity index (χ3v) is 6.32. The second-order valence-electron chi connectivity index (χ2n) is 8.61. The summed E-state index contributed by atoms with van der Waals surface area (Å²) in [5, 5.41) is 9.19. The fourth-order valence-corrected chi connectivity index (χ4v) is 4.61. The van der Waals surface area contributed by atoms with Gasteiger partial charge in [-0.3, -0.25) is 0 Å². The Morgan fingerprint density at radius 1 is 1.10 bits per heavy atom. The van der Waals surface area contributed by atoms with Gasteiger partial charge in [0.1, 0.15) is 12.7 Å². The second-order valence-corrected chi connectivity index (χ2v) is 8.61. The van der Waals surface area contributed by atoms with Gasteiger partial charge >= 0.3 is 0 Å². The van der Waals surface area contributed by atoms with Crippen LogP contribution in [-0.4, -0.2) is 50.8 Å². The molecule has 2 N–H and O–H groups in total. The molecule has 1 saturated heterocycles. The van der Waals surface area contributed by atoms with E-state index in [9.17, 15) is 0 Å². The average Bonchev–Trinajstić information content (AvgIpc) is 3.55. The summed E-state index contributed by atoms with van der Waals surface area (Å²) in [6.07, 6.45) is 7.90. The van der Waals surface area contributed by atoms with E-state index < -0.39 is 0 Å². The molecule has 31 heavy (non-hydrogen) atoms. The van der Waals surface area contributed by atoms with Crippen LogP contribution < -0.4 is 5.32 Å². The van der Waals surface area contributed by atoms with E-state index in [-0.39, 0.29) is 0 Å². The zero-order chi connectivity index (χ0) is 20.9. The van der Waals surface area contributed by atoms with Crippen LogP contribution in [0.25, 0.3) is 10.9 Å². The molecule has 0 unspecified atom stereocenters. The number of aromatic nitrogens is 4. The smallest absolute Gasteiger partial charge is 0.137 e. The van der Waals surface area contributed by atoms with Crippen molar-refractivity contribution in [3.8, 4) is 0 Å². The molecule has 1 aliphatic heterocycles. The van der Waals surface area contributed by atoms with Crippen LogP contribution in [0.3, 0.4) is 0 Å². The molecule has 6 nitrogen and oxygen atoms in total. The third-order valence-electron chi connectivity index (χ3n) is 6.32. The molecule has 3 heterocycles. The number of hydrogen-bond donors (Lipinski definition) is 2. The van der Waals surface area contributed by atoms with Crippen LogP contribution in [0.1, 0.15) is 23.1 Å². The Labute approximate surface area is 183 Å². The Kier molecular flexibility index (Phi) is 6.09. The third kappa shape index (κ3) is 5.03. The largest absolute Gasteiger partial charge is 0.361 e. The molecule has 4 aromatic rings. The Bertz CT molecular complexity index is 1090. The summed E-state index contributed by atoms with van der Waals surface area (Å²) in [5.41, 5.74) is 5.23. The van der Waals surface area contributed by atoms with Gasteiger partial charge in [0.15, 0.2) is 0 Å². The number of benzene rings is 2. The fraction of sp³-hybridized carbons (Fsp3) is 0.360. The van der Waals surface area contributed by atoms with Crippen molar-refractivity contribution in [2.75, 3.05) is 26.2 Å². The molecule has 2 aromatic carbocycles. The molecule has 1 aliphatic rings. The van der Waals surface area contributed by atoms with Crippen LogP contribution in [-0.2, 0) is 19.5 Å². The molecule has 1 fully saturated rings. The van der Waals surface area contributed by atoms with Gasteiger partial charge in [-0.25, -0.2) is 9.67 Å². The minimum absolute atomic E-state index is 0.751. The standard InChI is InChI=1S/C25H30N6/c1-2-4-20(5-3-1)13-26-14-22-8-10-30(16-22)11-9-23-15-28-25-7-6-21(12-24(23)25)17-31-19-27-18-29-31/h1-7,12,15,18-19,22,26,28H,8-11,13-14,16-17H2/t22-/m0/s1. The topological polar surface area (TPSA) is 61.8 Å². The zero-order valence-corrected chi connectivity index (χ0v) is 17.9. The van der Waals surface area contributed by atoms with Crippen molar-refractivity contribution in [3.05, 3.63) is 84.1 Å². The summed E-state index contributed by atoms with van der Waals surface area (Å²) in [4.78, 5) is 10.1. The SMILES string of the molecule is c1ccc(CNC[C@@H]2CCN(CCc3c[nH]c4ccc(Cn5cncn5)cc34)C2)cc1. The number of fused-ring (bicyclic) bond motifs is 1. The normalized spacial score (nSPS) is 17.0. The van der Waals surface area contributed by atoms with Gasteiger partial charge in [0.05, 0.1) is 6.54 Å². The Morgan fingerprint density at radius 2 is 2.03 bits per heavy atom. The highest BCUT2D eigenvalue weighted by Gasteiger charge is 2.22. The van der Waals surface area contributed by atoms with Crippen molar-refractivity contribution in [2.24, 2.45) is 5.92 Å². The van der Waals surface area contributed by atoms with Crippen molar-refractivity contribution in [2.45, 2.75) is 25.9 Å². The summed E-state index contributed by atoms with van der Waals surface area (Å²) >= 11 is 0. The van der Waals surface area contributed by atoms with E-state index in [1.54, 1.807) is 12.7 Å². The number of aromatic amines is 1. The Hall–Kier alpha value is -2.96. The Morgan fingerprint density at radius 3 is 2.90 bits per heavy atom. The molecule has 0 saturated carbocycles. The molecule has 0 bridgehead atoms. The van der Waals surface area contributed by atoms with Crippen LogP contribution in [0.2, 0.25) is 0 Å². The van der Waals surface area contributed by atoms with Crippen molar-refractivity contribution < 1.29 is 0 Å². The molecule has 5 rings (SSSR count). The Balaban J connectivity index is 1.12. The van der Waals surface area contributed by atoms with Crippen LogP contribution in [0.5, 0.6) is 0 Å². The number of nitrogens with one attached hydrogen (secondary N) is 2. The van der Waals surface area contributed by atoms with Gasteiger partial charge in [-0.15, -0.1) is 0 Å². The molecule has 1 atom stereocenters. The summed E-state index contributed by atoms with van der Waals surface area (Å²) in [5.74, 6) is 0.751.